The normalized spacial score (nSPS) is 36.2. The molecule has 0 radical (unpaired) electrons. The lowest BCUT2D eigenvalue weighted by atomic mass is 9.97. The van der Waals surface area contributed by atoms with Crippen molar-refractivity contribution in [2.24, 2.45) is 5.92 Å². The van der Waals surface area contributed by atoms with Crippen molar-refractivity contribution in [1.82, 2.24) is 10.2 Å². The Morgan fingerprint density at radius 2 is 2.20 bits per heavy atom. The van der Waals surface area contributed by atoms with Crippen LogP contribution in [0, 0.1) is 5.92 Å². The average Bonchev–Trinajstić information content (AvgIpc) is 3.03. The van der Waals surface area contributed by atoms with Crippen molar-refractivity contribution in [1.29, 1.82) is 0 Å². The fourth-order valence-corrected chi connectivity index (χ4v) is 2.72. The first-order valence-corrected chi connectivity index (χ1v) is 6.64. The highest BCUT2D eigenvalue weighted by Gasteiger charge is 2.35. The zero-order chi connectivity index (χ0) is 10.9. The molecule has 1 saturated heterocycles. The second-order valence-electron chi connectivity index (χ2n) is 5.74. The van der Waals surface area contributed by atoms with Crippen molar-refractivity contribution in [3.05, 3.63) is 0 Å². The van der Waals surface area contributed by atoms with Crippen LogP contribution < -0.4 is 5.32 Å². The van der Waals surface area contributed by atoms with E-state index in [9.17, 15) is 0 Å². The summed E-state index contributed by atoms with van der Waals surface area (Å²) in [6, 6.07) is 0.816. The second kappa shape index (κ2) is 4.42. The smallest absolute Gasteiger partial charge is 0.0277 e. The molecule has 0 amide bonds. The maximum Gasteiger partial charge on any atom is 0.0277 e. The first-order valence-electron chi connectivity index (χ1n) is 6.64. The number of hydrogen-bond acceptors (Lipinski definition) is 2. The molecule has 0 aromatic rings. The highest BCUT2D eigenvalue weighted by atomic mass is 15.2. The van der Waals surface area contributed by atoms with Crippen molar-refractivity contribution in [3.63, 3.8) is 0 Å². The van der Waals surface area contributed by atoms with Crippen molar-refractivity contribution < 1.29 is 0 Å². The summed E-state index contributed by atoms with van der Waals surface area (Å²) in [7, 11) is 0. The highest BCUT2D eigenvalue weighted by molar-refractivity contribution is 4.93. The quantitative estimate of drug-likeness (QED) is 0.768. The van der Waals surface area contributed by atoms with Crippen molar-refractivity contribution in [2.75, 3.05) is 19.6 Å². The van der Waals surface area contributed by atoms with Gasteiger partial charge in [-0.3, -0.25) is 4.90 Å². The van der Waals surface area contributed by atoms with E-state index in [1.165, 1.54) is 45.3 Å². The number of nitrogens with one attached hydrogen (secondary N) is 1. The molecule has 2 atom stereocenters. The molecule has 2 nitrogen and oxygen atoms in total. The molecule has 1 aliphatic carbocycles. The van der Waals surface area contributed by atoms with Gasteiger partial charge in [0.05, 0.1) is 0 Å². The molecule has 0 spiro atoms. The third kappa shape index (κ3) is 2.73. The van der Waals surface area contributed by atoms with E-state index in [1.807, 2.05) is 0 Å². The summed E-state index contributed by atoms with van der Waals surface area (Å²) in [6.07, 6.45) is 5.48. The van der Waals surface area contributed by atoms with Crippen LogP contribution in [0.2, 0.25) is 0 Å². The van der Waals surface area contributed by atoms with Gasteiger partial charge in [-0.15, -0.1) is 0 Å². The standard InChI is InChI=1S/C13H26N2/c1-4-13(3)10-15(9-5-8-14-13)11(2)12-6-7-12/h11-12,14H,4-10H2,1-3H3. The molecule has 2 rings (SSSR count). The van der Waals surface area contributed by atoms with Crippen molar-refractivity contribution in [2.45, 2.75) is 58.0 Å². The van der Waals surface area contributed by atoms with E-state index in [1.54, 1.807) is 0 Å². The van der Waals surface area contributed by atoms with Gasteiger partial charge in [0.25, 0.3) is 0 Å². The van der Waals surface area contributed by atoms with Gasteiger partial charge in [-0.1, -0.05) is 6.92 Å². The van der Waals surface area contributed by atoms with Crippen LogP contribution in [0.5, 0.6) is 0 Å². The maximum atomic E-state index is 3.71. The molecule has 0 aromatic carbocycles. The SMILES string of the molecule is CCC1(C)CN(C(C)C2CC2)CCCN1. The van der Waals surface area contributed by atoms with Gasteiger partial charge in [-0.25, -0.2) is 0 Å². The Hall–Kier alpha value is -0.0800. The summed E-state index contributed by atoms with van der Waals surface area (Å²) >= 11 is 0. The Balaban J connectivity index is 1.97. The molecule has 1 heterocycles. The Morgan fingerprint density at radius 1 is 1.47 bits per heavy atom. The Labute approximate surface area is 94.4 Å². The topological polar surface area (TPSA) is 15.3 Å². The molecule has 88 valence electrons. The van der Waals surface area contributed by atoms with Gasteiger partial charge < -0.3 is 5.32 Å². The molecule has 2 fully saturated rings. The largest absolute Gasteiger partial charge is 0.310 e. The van der Waals surface area contributed by atoms with E-state index in [0.29, 0.717) is 5.54 Å². The predicted molar refractivity (Wildman–Crippen MR) is 65.1 cm³/mol. The van der Waals surface area contributed by atoms with Gasteiger partial charge in [0, 0.05) is 18.1 Å². The zero-order valence-corrected chi connectivity index (χ0v) is 10.6. The lowest BCUT2D eigenvalue weighted by Crippen LogP contribution is -2.50. The summed E-state index contributed by atoms with van der Waals surface area (Å²) in [6.45, 7) is 10.8. The van der Waals surface area contributed by atoms with Gasteiger partial charge in [0.15, 0.2) is 0 Å². The first-order chi connectivity index (χ1) is 7.14. The van der Waals surface area contributed by atoms with E-state index < -0.39 is 0 Å². The Morgan fingerprint density at radius 3 is 2.80 bits per heavy atom. The lowest BCUT2D eigenvalue weighted by molar-refractivity contribution is 0.155. The average molecular weight is 210 g/mol. The molecule has 2 unspecified atom stereocenters. The van der Waals surface area contributed by atoms with Crippen LogP contribution in [0.4, 0.5) is 0 Å². The molecule has 2 heteroatoms. The first kappa shape index (κ1) is 11.4. The van der Waals surface area contributed by atoms with Crippen LogP contribution in [-0.2, 0) is 0 Å². The van der Waals surface area contributed by atoms with E-state index in [0.717, 1.165) is 12.0 Å². The molecule has 15 heavy (non-hydrogen) atoms. The molecule has 2 aliphatic rings. The summed E-state index contributed by atoms with van der Waals surface area (Å²) in [5.41, 5.74) is 0.347. The minimum absolute atomic E-state index is 0.347. The molecule has 1 N–H and O–H groups in total. The van der Waals surface area contributed by atoms with E-state index in [4.69, 9.17) is 0 Å². The summed E-state index contributed by atoms with van der Waals surface area (Å²) in [5, 5.41) is 3.71. The Bertz CT molecular complexity index is 213. The van der Waals surface area contributed by atoms with Crippen molar-refractivity contribution in [3.8, 4) is 0 Å². The number of rotatable bonds is 3. The van der Waals surface area contributed by atoms with Gasteiger partial charge in [-0.05, 0) is 58.5 Å². The number of hydrogen-bond donors (Lipinski definition) is 1. The van der Waals surface area contributed by atoms with Gasteiger partial charge >= 0.3 is 0 Å². The minimum atomic E-state index is 0.347. The van der Waals surface area contributed by atoms with Gasteiger partial charge in [0.2, 0.25) is 0 Å². The van der Waals surface area contributed by atoms with Crippen LogP contribution in [0.15, 0.2) is 0 Å². The molecular formula is C13H26N2. The van der Waals surface area contributed by atoms with Gasteiger partial charge in [-0.2, -0.15) is 0 Å². The summed E-state index contributed by atoms with van der Waals surface area (Å²) in [4.78, 5) is 2.72. The van der Waals surface area contributed by atoms with Crippen LogP contribution in [0.3, 0.4) is 0 Å². The third-order valence-corrected chi connectivity index (χ3v) is 4.39. The maximum absolute atomic E-state index is 3.71. The van der Waals surface area contributed by atoms with E-state index >= 15 is 0 Å². The van der Waals surface area contributed by atoms with Crippen LogP contribution in [0.1, 0.15) is 46.5 Å². The Kier molecular flexibility index (Phi) is 3.36. The summed E-state index contributed by atoms with van der Waals surface area (Å²) < 4.78 is 0. The molecule has 1 saturated carbocycles. The fourth-order valence-electron chi connectivity index (χ4n) is 2.72. The number of nitrogens with zero attached hydrogens (tertiary/aromatic N) is 1. The highest BCUT2D eigenvalue weighted by Crippen LogP contribution is 2.36. The van der Waals surface area contributed by atoms with Crippen LogP contribution >= 0.6 is 0 Å². The lowest BCUT2D eigenvalue weighted by Gasteiger charge is -2.36. The molecule has 1 aliphatic heterocycles. The third-order valence-electron chi connectivity index (χ3n) is 4.39. The summed E-state index contributed by atoms with van der Waals surface area (Å²) in [5.74, 6) is 1.00. The minimum Gasteiger partial charge on any atom is -0.310 e. The predicted octanol–water partition coefficient (Wildman–Crippen LogP) is 2.25. The second-order valence-corrected chi connectivity index (χ2v) is 5.74. The fraction of sp³-hybridized carbons (Fsp3) is 1.00. The molecular weight excluding hydrogens is 184 g/mol. The van der Waals surface area contributed by atoms with Crippen LogP contribution in [-0.4, -0.2) is 36.1 Å². The van der Waals surface area contributed by atoms with Crippen LogP contribution in [0.25, 0.3) is 0 Å². The zero-order valence-electron chi connectivity index (χ0n) is 10.6. The van der Waals surface area contributed by atoms with E-state index in [2.05, 4.69) is 31.0 Å². The molecule has 0 aromatic heterocycles. The van der Waals surface area contributed by atoms with Gasteiger partial charge in [0.1, 0.15) is 0 Å². The van der Waals surface area contributed by atoms with Crippen molar-refractivity contribution >= 4 is 0 Å². The van der Waals surface area contributed by atoms with E-state index in [-0.39, 0.29) is 0 Å². The molecule has 0 bridgehead atoms. The monoisotopic (exact) mass is 210 g/mol.